The highest BCUT2D eigenvalue weighted by Gasteiger charge is 2.15. The molecular formula is C17H22N2. The molecule has 100 valence electrons. The van der Waals surface area contributed by atoms with Crippen LogP contribution in [0.3, 0.4) is 0 Å². The van der Waals surface area contributed by atoms with Crippen molar-refractivity contribution >= 4 is 16.6 Å². The summed E-state index contributed by atoms with van der Waals surface area (Å²) in [6.07, 6.45) is 5.96. The Bertz CT molecular complexity index is 614. The summed E-state index contributed by atoms with van der Waals surface area (Å²) in [7, 11) is 0. The molecule has 1 heterocycles. The van der Waals surface area contributed by atoms with Gasteiger partial charge in [-0.25, -0.2) is 0 Å². The third-order valence-corrected chi connectivity index (χ3v) is 4.25. The summed E-state index contributed by atoms with van der Waals surface area (Å²) < 4.78 is 0. The van der Waals surface area contributed by atoms with Crippen molar-refractivity contribution in [3.63, 3.8) is 0 Å². The second kappa shape index (κ2) is 4.84. The number of aromatic nitrogens is 1. The summed E-state index contributed by atoms with van der Waals surface area (Å²) in [5, 5.41) is 1.15. The lowest BCUT2D eigenvalue weighted by Gasteiger charge is -2.14. The number of benzene rings is 1. The molecule has 1 aliphatic rings. The van der Waals surface area contributed by atoms with Crippen molar-refractivity contribution < 1.29 is 0 Å². The smallest absolute Gasteiger partial charge is 0.0726 e. The van der Waals surface area contributed by atoms with Crippen molar-refractivity contribution in [3.8, 4) is 0 Å². The molecule has 1 aliphatic carbocycles. The summed E-state index contributed by atoms with van der Waals surface area (Å²) in [4.78, 5) is 4.86. The fourth-order valence-corrected chi connectivity index (χ4v) is 3.01. The first-order chi connectivity index (χ1) is 9.16. The Balaban J connectivity index is 2.22. The van der Waals surface area contributed by atoms with Crippen molar-refractivity contribution in [1.82, 2.24) is 4.98 Å². The number of fused-ring (bicyclic) bond motifs is 2. The van der Waals surface area contributed by atoms with Crippen LogP contribution < -0.4 is 5.73 Å². The molecule has 0 saturated heterocycles. The maximum absolute atomic E-state index is 6.44. The van der Waals surface area contributed by atoms with Gasteiger partial charge in [0.05, 0.1) is 5.52 Å². The second-order valence-corrected chi connectivity index (χ2v) is 5.94. The van der Waals surface area contributed by atoms with Gasteiger partial charge < -0.3 is 5.73 Å². The molecule has 3 rings (SSSR count). The van der Waals surface area contributed by atoms with Crippen LogP contribution in [-0.4, -0.2) is 4.98 Å². The number of hydrogen-bond donors (Lipinski definition) is 1. The van der Waals surface area contributed by atoms with Crippen LogP contribution in [0.25, 0.3) is 10.9 Å². The molecule has 0 radical (unpaired) electrons. The van der Waals surface area contributed by atoms with E-state index in [0.717, 1.165) is 29.4 Å². The van der Waals surface area contributed by atoms with Crippen LogP contribution in [0.15, 0.2) is 18.2 Å². The van der Waals surface area contributed by atoms with Crippen molar-refractivity contribution in [1.29, 1.82) is 0 Å². The number of rotatable bonds is 1. The topological polar surface area (TPSA) is 38.9 Å². The lowest BCUT2D eigenvalue weighted by Crippen LogP contribution is -2.03. The van der Waals surface area contributed by atoms with E-state index in [1.807, 2.05) is 0 Å². The Kier molecular flexibility index (Phi) is 3.17. The first kappa shape index (κ1) is 12.5. The van der Waals surface area contributed by atoms with Gasteiger partial charge in [0.25, 0.3) is 0 Å². The fraction of sp³-hybridized carbons (Fsp3) is 0.471. The van der Waals surface area contributed by atoms with Crippen LogP contribution in [0, 0.1) is 0 Å². The molecule has 2 heteroatoms. The van der Waals surface area contributed by atoms with E-state index in [-0.39, 0.29) is 0 Å². The normalized spacial score (nSPS) is 15.5. The van der Waals surface area contributed by atoms with Gasteiger partial charge in [-0.3, -0.25) is 4.98 Å². The fourth-order valence-electron chi connectivity index (χ4n) is 3.01. The molecule has 2 N–H and O–H groups in total. The average molecular weight is 254 g/mol. The molecule has 0 bridgehead atoms. The Hall–Kier alpha value is -1.57. The van der Waals surface area contributed by atoms with E-state index in [1.54, 1.807) is 0 Å². The van der Waals surface area contributed by atoms with Crippen LogP contribution in [0.1, 0.15) is 55.8 Å². The molecule has 1 aromatic heterocycles. The summed E-state index contributed by atoms with van der Waals surface area (Å²) in [6.45, 7) is 4.43. The van der Waals surface area contributed by atoms with E-state index in [2.05, 4.69) is 32.0 Å². The second-order valence-electron chi connectivity index (χ2n) is 5.94. The maximum Gasteiger partial charge on any atom is 0.0726 e. The summed E-state index contributed by atoms with van der Waals surface area (Å²) in [5.41, 5.74) is 12.4. The third kappa shape index (κ3) is 2.20. The first-order valence-electron chi connectivity index (χ1n) is 7.37. The van der Waals surface area contributed by atoms with E-state index in [9.17, 15) is 0 Å². The standard InChI is InChI=1S/C17H22N2/c1-11(2)12-8-9-16-14(10-12)17(18)13-6-4-3-5-7-15(13)19-16/h8-11H,3-7H2,1-2H3,(H2,18,19). The molecule has 0 spiro atoms. The van der Waals surface area contributed by atoms with Gasteiger partial charge in [-0.1, -0.05) is 26.3 Å². The molecule has 0 saturated carbocycles. The monoisotopic (exact) mass is 254 g/mol. The number of nitrogens with zero attached hydrogens (tertiary/aromatic N) is 1. The third-order valence-electron chi connectivity index (χ3n) is 4.25. The average Bonchev–Trinajstić information content (AvgIpc) is 2.64. The molecule has 19 heavy (non-hydrogen) atoms. The SMILES string of the molecule is CC(C)c1ccc2nc3c(c(N)c2c1)CCCCC3. The van der Waals surface area contributed by atoms with Gasteiger partial charge in [-0.2, -0.15) is 0 Å². The molecule has 0 aliphatic heterocycles. The van der Waals surface area contributed by atoms with E-state index < -0.39 is 0 Å². The number of aryl methyl sites for hydroxylation is 1. The Labute approximate surface area is 115 Å². The van der Waals surface area contributed by atoms with Gasteiger partial charge in [0.15, 0.2) is 0 Å². The zero-order valence-electron chi connectivity index (χ0n) is 11.9. The van der Waals surface area contributed by atoms with E-state index >= 15 is 0 Å². The van der Waals surface area contributed by atoms with Crippen LogP contribution in [0.4, 0.5) is 5.69 Å². The lowest BCUT2D eigenvalue weighted by atomic mass is 9.97. The minimum atomic E-state index is 0.530. The van der Waals surface area contributed by atoms with E-state index in [4.69, 9.17) is 10.7 Å². The Morgan fingerprint density at radius 3 is 2.68 bits per heavy atom. The maximum atomic E-state index is 6.44. The van der Waals surface area contributed by atoms with Crippen LogP contribution in [0.5, 0.6) is 0 Å². The van der Waals surface area contributed by atoms with Crippen LogP contribution >= 0.6 is 0 Å². The molecule has 0 amide bonds. The van der Waals surface area contributed by atoms with Gasteiger partial charge >= 0.3 is 0 Å². The van der Waals surface area contributed by atoms with Gasteiger partial charge in [0, 0.05) is 16.8 Å². The largest absolute Gasteiger partial charge is 0.398 e. The molecule has 1 aromatic carbocycles. The summed E-state index contributed by atoms with van der Waals surface area (Å²) in [5.74, 6) is 0.530. The van der Waals surface area contributed by atoms with Crippen molar-refractivity contribution in [2.75, 3.05) is 5.73 Å². The van der Waals surface area contributed by atoms with Crippen molar-refractivity contribution in [3.05, 3.63) is 35.0 Å². The zero-order valence-corrected chi connectivity index (χ0v) is 11.9. The van der Waals surface area contributed by atoms with Crippen molar-refractivity contribution in [2.24, 2.45) is 0 Å². The summed E-state index contributed by atoms with van der Waals surface area (Å²) in [6, 6.07) is 6.54. The van der Waals surface area contributed by atoms with E-state index in [1.165, 1.54) is 36.1 Å². The minimum absolute atomic E-state index is 0.530. The molecular weight excluding hydrogens is 232 g/mol. The highest BCUT2D eigenvalue weighted by molar-refractivity contribution is 5.92. The number of nitrogen functional groups attached to an aromatic ring is 1. The lowest BCUT2D eigenvalue weighted by molar-refractivity contribution is 0.709. The van der Waals surface area contributed by atoms with Crippen LogP contribution in [0.2, 0.25) is 0 Å². The Morgan fingerprint density at radius 2 is 1.89 bits per heavy atom. The Morgan fingerprint density at radius 1 is 1.11 bits per heavy atom. The number of hydrogen-bond acceptors (Lipinski definition) is 2. The molecule has 0 unspecified atom stereocenters. The first-order valence-corrected chi connectivity index (χ1v) is 7.37. The molecule has 2 nitrogen and oxygen atoms in total. The van der Waals surface area contributed by atoms with Gasteiger partial charge in [0.1, 0.15) is 0 Å². The zero-order chi connectivity index (χ0) is 13.4. The number of pyridine rings is 1. The van der Waals surface area contributed by atoms with Crippen LogP contribution in [-0.2, 0) is 12.8 Å². The van der Waals surface area contributed by atoms with Gasteiger partial charge in [0.2, 0.25) is 0 Å². The van der Waals surface area contributed by atoms with E-state index in [0.29, 0.717) is 5.92 Å². The number of anilines is 1. The molecule has 0 atom stereocenters. The highest BCUT2D eigenvalue weighted by atomic mass is 14.7. The highest BCUT2D eigenvalue weighted by Crippen LogP contribution is 2.32. The predicted octanol–water partition coefficient (Wildman–Crippen LogP) is 4.21. The number of nitrogens with two attached hydrogens (primary N) is 1. The van der Waals surface area contributed by atoms with Crippen molar-refractivity contribution in [2.45, 2.75) is 51.9 Å². The quantitative estimate of drug-likeness (QED) is 0.774. The van der Waals surface area contributed by atoms with Gasteiger partial charge in [-0.05, 0) is 54.9 Å². The minimum Gasteiger partial charge on any atom is -0.398 e. The molecule has 0 fully saturated rings. The van der Waals surface area contributed by atoms with Gasteiger partial charge in [-0.15, -0.1) is 0 Å². The molecule has 2 aromatic rings. The predicted molar refractivity (Wildman–Crippen MR) is 81.5 cm³/mol. The summed E-state index contributed by atoms with van der Waals surface area (Å²) >= 11 is 0.